The molecule has 2 amide bonds. The molecule has 7 nitrogen and oxygen atoms in total. The highest BCUT2D eigenvalue weighted by atomic mass is 35.5. The second-order valence-electron chi connectivity index (χ2n) is 10.9. The lowest BCUT2D eigenvalue weighted by Gasteiger charge is -2.34. The van der Waals surface area contributed by atoms with Crippen molar-refractivity contribution in [1.82, 2.24) is 10.2 Å². The summed E-state index contributed by atoms with van der Waals surface area (Å²) in [4.78, 5) is 28.8. The lowest BCUT2D eigenvalue weighted by atomic mass is 10.1. The van der Waals surface area contributed by atoms with E-state index in [0.717, 1.165) is 43.4 Å². The van der Waals surface area contributed by atoms with Crippen LogP contribution in [0, 0.1) is 6.92 Å². The number of nitrogens with zero attached hydrogens (tertiary/aromatic N) is 2. The molecule has 0 bridgehead atoms. The first-order chi connectivity index (χ1) is 20.8. The average Bonchev–Trinajstić information content (AvgIpc) is 3.49. The topological polar surface area (TPSA) is 86.8 Å². The van der Waals surface area contributed by atoms with Gasteiger partial charge in [-0.1, -0.05) is 79.4 Å². The van der Waals surface area contributed by atoms with E-state index in [1.807, 2.05) is 25.1 Å². The van der Waals surface area contributed by atoms with E-state index in [1.165, 1.54) is 29.2 Å². The number of anilines is 1. The highest BCUT2D eigenvalue weighted by Crippen LogP contribution is 2.38. The molecule has 1 N–H and O–H groups in total. The molecule has 4 rings (SSSR count). The van der Waals surface area contributed by atoms with Gasteiger partial charge < -0.3 is 10.2 Å². The molecule has 1 saturated carbocycles. The third-order valence-electron chi connectivity index (χ3n) is 7.68. The molecule has 1 aliphatic rings. The normalized spacial score (nSPS) is 14.7. The molecule has 0 saturated heterocycles. The Balaban J connectivity index is 1.77. The largest absolute Gasteiger partial charge is 0.417 e. The summed E-state index contributed by atoms with van der Waals surface area (Å²) in [6.45, 7) is 2.77. The van der Waals surface area contributed by atoms with Gasteiger partial charge in [0.25, 0.3) is 10.0 Å². The fourth-order valence-corrected chi connectivity index (χ4v) is 7.08. The first kappa shape index (κ1) is 33.3. The zero-order valence-corrected chi connectivity index (χ0v) is 26.1. The fourth-order valence-electron chi connectivity index (χ4n) is 5.43. The number of benzene rings is 3. The molecule has 0 aliphatic heterocycles. The van der Waals surface area contributed by atoms with Gasteiger partial charge in [0.2, 0.25) is 11.8 Å². The van der Waals surface area contributed by atoms with Crippen LogP contribution in [0.5, 0.6) is 0 Å². The van der Waals surface area contributed by atoms with E-state index in [9.17, 15) is 31.2 Å². The summed E-state index contributed by atoms with van der Waals surface area (Å²) in [5.74, 6) is -1.10. The second-order valence-corrected chi connectivity index (χ2v) is 13.2. The van der Waals surface area contributed by atoms with Crippen molar-refractivity contribution in [2.24, 2.45) is 0 Å². The van der Waals surface area contributed by atoms with Crippen LogP contribution in [-0.2, 0) is 32.3 Å². The Labute approximate surface area is 261 Å². The molecule has 1 fully saturated rings. The summed E-state index contributed by atoms with van der Waals surface area (Å²) >= 11 is 5.83. The average molecular weight is 650 g/mol. The third kappa shape index (κ3) is 7.92. The zero-order chi connectivity index (χ0) is 32.1. The molecular formula is C32H35ClF3N3O4S. The standard InChI is InChI=1S/C32H35ClF3N3O4S/c1-3-29(31(41)37-24-12-7-8-13-24)38(20-23-11-9-10-22(2)18-23)30(40)21-39(44(42,43)26-14-5-4-6-15-26)25-16-17-28(33)27(19-25)32(34,35)36/h4-6,9-11,14-19,24,29H,3,7-8,12-13,20-21H2,1-2H3,(H,37,41)/t29-/m0/s1. The van der Waals surface area contributed by atoms with Crippen LogP contribution in [0.25, 0.3) is 0 Å². The van der Waals surface area contributed by atoms with Crippen molar-refractivity contribution < 1.29 is 31.2 Å². The van der Waals surface area contributed by atoms with E-state index >= 15 is 0 Å². The second kappa shape index (κ2) is 14.0. The minimum Gasteiger partial charge on any atom is -0.352 e. The van der Waals surface area contributed by atoms with Crippen molar-refractivity contribution in [3.63, 3.8) is 0 Å². The maximum atomic E-state index is 14.2. The van der Waals surface area contributed by atoms with Crippen molar-refractivity contribution in [1.29, 1.82) is 0 Å². The van der Waals surface area contributed by atoms with Gasteiger partial charge in [-0.15, -0.1) is 0 Å². The molecule has 3 aromatic carbocycles. The molecule has 44 heavy (non-hydrogen) atoms. The SMILES string of the molecule is CC[C@@H](C(=O)NC1CCCC1)N(Cc1cccc(C)c1)C(=O)CN(c1ccc(Cl)c(C(F)(F)F)c1)S(=O)(=O)c1ccccc1. The van der Waals surface area contributed by atoms with Gasteiger partial charge in [0.15, 0.2) is 0 Å². The van der Waals surface area contributed by atoms with Crippen LogP contribution >= 0.6 is 11.6 Å². The van der Waals surface area contributed by atoms with Crippen molar-refractivity contribution in [3.05, 3.63) is 94.5 Å². The Hall–Kier alpha value is -3.57. The number of carbonyl (C=O) groups excluding carboxylic acids is 2. The Morgan fingerprint density at radius 1 is 1.00 bits per heavy atom. The Bertz CT molecular complexity index is 1580. The molecular weight excluding hydrogens is 615 g/mol. The smallest absolute Gasteiger partial charge is 0.352 e. The number of nitrogens with one attached hydrogen (secondary N) is 1. The number of hydrogen-bond acceptors (Lipinski definition) is 4. The molecule has 236 valence electrons. The predicted molar refractivity (Wildman–Crippen MR) is 164 cm³/mol. The lowest BCUT2D eigenvalue weighted by molar-refractivity contribution is -0.140. The van der Waals surface area contributed by atoms with Crippen LogP contribution in [0.2, 0.25) is 5.02 Å². The van der Waals surface area contributed by atoms with Crippen LogP contribution in [0.4, 0.5) is 18.9 Å². The van der Waals surface area contributed by atoms with Gasteiger partial charge in [-0.25, -0.2) is 8.42 Å². The number of alkyl halides is 3. The Morgan fingerprint density at radius 3 is 2.30 bits per heavy atom. The van der Waals surface area contributed by atoms with Crippen LogP contribution in [0.3, 0.4) is 0 Å². The number of hydrogen-bond donors (Lipinski definition) is 1. The van der Waals surface area contributed by atoms with E-state index < -0.39 is 51.0 Å². The minimum atomic E-state index is -4.87. The molecule has 0 spiro atoms. The quantitative estimate of drug-likeness (QED) is 0.250. The summed E-state index contributed by atoms with van der Waals surface area (Å²) in [5.41, 5.74) is 0.00974. The van der Waals surface area contributed by atoms with Gasteiger partial charge in [0, 0.05) is 12.6 Å². The lowest BCUT2D eigenvalue weighted by Crippen LogP contribution is -2.53. The monoisotopic (exact) mass is 649 g/mol. The third-order valence-corrected chi connectivity index (χ3v) is 9.79. The molecule has 0 radical (unpaired) electrons. The van der Waals surface area contributed by atoms with E-state index in [2.05, 4.69) is 5.32 Å². The molecule has 0 aromatic heterocycles. The van der Waals surface area contributed by atoms with Crippen LogP contribution in [0.1, 0.15) is 55.7 Å². The molecule has 12 heteroatoms. The van der Waals surface area contributed by atoms with Crippen LogP contribution in [0.15, 0.2) is 77.7 Å². The molecule has 1 aliphatic carbocycles. The maximum Gasteiger partial charge on any atom is 0.417 e. The van der Waals surface area contributed by atoms with E-state index in [-0.39, 0.29) is 29.8 Å². The van der Waals surface area contributed by atoms with Gasteiger partial charge in [-0.3, -0.25) is 13.9 Å². The fraction of sp³-hybridized carbons (Fsp3) is 0.375. The Kier molecular flexibility index (Phi) is 10.6. The van der Waals surface area contributed by atoms with E-state index in [4.69, 9.17) is 11.6 Å². The van der Waals surface area contributed by atoms with Crippen LogP contribution < -0.4 is 9.62 Å². The molecule has 1 atom stereocenters. The molecule has 0 heterocycles. The number of amides is 2. The summed E-state index contributed by atoms with van der Waals surface area (Å²) in [6.07, 6.45) is -1.00. The minimum absolute atomic E-state index is 0.00918. The first-order valence-corrected chi connectivity index (χ1v) is 16.2. The number of halogens is 4. The van der Waals surface area contributed by atoms with Gasteiger partial charge in [-0.2, -0.15) is 13.2 Å². The van der Waals surface area contributed by atoms with Crippen molar-refractivity contribution in [2.75, 3.05) is 10.8 Å². The highest BCUT2D eigenvalue weighted by Gasteiger charge is 2.37. The van der Waals surface area contributed by atoms with Gasteiger partial charge in [-0.05, 0) is 62.1 Å². The number of sulfonamides is 1. The summed E-state index contributed by atoms with van der Waals surface area (Å²) in [5, 5.41) is 2.42. The van der Waals surface area contributed by atoms with Gasteiger partial charge in [0.1, 0.15) is 12.6 Å². The van der Waals surface area contributed by atoms with Gasteiger partial charge in [0.05, 0.1) is 21.2 Å². The molecule has 3 aromatic rings. The van der Waals surface area contributed by atoms with E-state index in [1.54, 1.807) is 19.1 Å². The summed E-state index contributed by atoms with van der Waals surface area (Å²) < 4.78 is 69.9. The first-order valence-electron chi connectivity index (χ1n) is 14.4. The predicted octanol–water partition coefficient (Wildman–Crippen LogP) is 6.73. The van der Waals surface area contributed by atoms with E-state index in [0.29, 0.717) is 15.9 Å². The molecule has 0 unspecified atom stereocenters. The highest BCUT2D eigenvalue weighted by molar-refractivity contribution is 7.92. The number of rotatable bonds is 11. The maximum absolute atomic E-state index is 14.2. The number of carbonyl (C=O) groups is 2. The van der Waals surface area contributed by atoms with Gasteiger partial charge >= 0.3 is 6.18 Å². The zero-order valence-electron chi connectivity index (χ0n) is 24.5. The van der Waals surface area contributed by atoms with Crippen molar-refractivity contribution in [3.8, 4) is 0 Å². The van der Waals surface area contributed by atoms with Crippen molar-refractivity contribution >= 4 is 39.1 Å². The Morgan fingerprint density at radius 2 is 1.68 bits per heavy atom. The summed E-state index contributed by atoms with van der Waals surface area (Å²) in [7, 11) is -4.53. The van der Waals surface area contributed by atoms with Crippen molar-refractivity contribution in [2.45, 2.75) is 75.7 Å². The number of aryl methyl sites for hydroxylation is 1. The summed E-state index contributed by atoms with van der Waals surface area (Å²) in [6, 6.07) is 16.2. The van der Waals surface area contributed by atoms with Crippen LogP contribution in [-0.4, -0.2) is 43.8 Å².